The first kappa shape index (κ1) is 17.7. The molecule has 0 bridgehead atoms. The first-order valence-corrected chi connectivity index (χ1v) is 9.86. The van der Waals surface area contributed by atoms with Crippen molar-refractivity contribution >= 4 is 22.6 Å². The summed E-state index contributed by atoms with van der Waals surface area (Å²) in [6.45, 7) is 2.14. The summed E-state index contributed by atoms with van der Waals surface area (Å²) in [5.41, 5.74) is 2.02. The normalized spacial score (nSPS) is 16.8. The van der Waals surface area contributed by atoms with Gasteiger partial charge >= 0.3 is 0 Å². The van der Waals surface area contributed by atoms with E-state index in [4.69, 9.17) is 9.47 Å². The average Bonchev–Trinajstić information content (AvgIpc) is 3.27. The summed E-state index contributed by atoms with van der Waals surface area (Å²) < 4.78 is 11.1. The maximum absolute atomic E-state index is 13.0. The van der Waals surface area contributed by atoms with Crippen LogP contribution in [0.25, 0.3) is 10.9 Å². The molecule has 0 atom stereocenters. The summed E-state index contributed by atoms with van der Waals surface area (Å²) in [7, 11) is 0. The van der Waals surface area contributed by atoms with E-state index in [-0.39, 0.29) is 17.6 Å². The van der Waals surface area contributed by atoms with Gasteiger partial charge in [0.2, 0.25) is 0 Å². The molecule has 2 aliphatic rings. The standard InChI is InChI=1S/C22H21N3O4/c26-21(15-4-5-18-19(12-15)29-11-10-28-18)14-6-8-25(9-7-14)22(27)17-3-1-2-16-13-23-24-20(16)17/h1-5,12-14H,6-11H2,(H,23,24). The first-order chi connectivity index (χ1) is 14.2. The van der Waals surface area contributed by atoms with Gasteiger partial charge in [-0.05, 0) is 37.1 Å². The van der Waals surface area contributed by atoms with Gasteiger partial charge in [0.1, 0.15) is 13.2 Å². The lowest BCUT2D eigenvalue weighted by Gasteiger charge is -2.31. The van der Waals surface area contributed by atoms with Crippen LogP contribution in [-0.2, 0) is 0 Å². The zero-order valence-corrected chi connectivity index (χ0v) is 15.9. The average molecular weight is 391 g/mol. The molecule has 0 unspecified atom stereocenters. The van der Waals surface area contributed by atoms with Crippen LogP contribution in [0.2, 0.25) is 0 Å². The molecule has 5 rings (SSSR count). The van der Waals surface area contributed by atoms with Crippen molar-refractivity contribution < 1.29 is 19.1 Å². The third-order valence-electron chi connectivity index (χ3n) is 5.69. The molecular formula is C22H21N3O4. The number of hydrogen-bond acceptors (Lipinski definition) is 5. The molecule has 3 aromatic rings. The molecule has 0 radical (unpaired) electrons. The second kappa shape index (κ2) is 7.24. The van der Waals surface area contributed by atoms with Gasteiger partial charge in [0.25, 0.3) is 5.91 Å². The van der Waals surface area contributed by atoms with E-state index in [9.17, 15) is 9.59 Å². The summed E-state index contributed by atoms with van der Waals surface area (Å²) in [4.78, 5) is 27.8. The number of fused-ring (bicyclic) bond motifs is 2. The molecule has 2 aromatic carbocycles. The van der Waals surface area contributed by atoms with Gasteiger partial charge in [0.15, 0.2) is 17.3 Å². The van der Waals surface area contributed by atoms with E-state index in [2.05, 4.69) is 10.2 Å². The van der Waals surface area contributed by atoms with Crippen LogP contribution in [0, 0.1) is 5.92 Å². The van der Waals surface area contributed by atoms with Gasteiger partial charge < -0.3 is 14.4 Å². The van der Waals surface area contributed by atoms with Crippen LogP contribution in [0.15, 0.2) is 42.6 Å². The molecule has 0 saturated carbocycles. The zero-order chi connectivity index (χ0) is 19.8. The third-order valence-corrected chi connectivity index (χ3v) is 5.69. The first-order valence-electron chi connectivity index (χ1n) is 9.86. The number of likely N-dealkylation sites (tertiary alicyclic amines) is 1. The van der Waals surface area contributed by atoms with Gasteiger partial charge in [-0.25, -0.2) is 0 Å². The highest BCUT2D eigenvalue weighted by atomic mass is 16.6. The molecule has 1 saturated heterocycles. The van der Waals surface area contributed by atoms with Gasteiger partial charge in [-0.15, -0.1) is 0 Å². The van der Waals surface area contributed by atoms with Crippen molar-refractivity contribution in [1.29, 1.82) is 0 Å². The molecule has 1 amide bonds. The predicted octanol–water partition coefficient (Wildman–Crippen LogP) is 3.07. The van der Waals surface area contributed by atoms with Gasteiger partial charge in [-0.2, -0.15) is 5.10 Å². The van der Waals surface area contributed by atoms with E-state index in [1.807, 2.05) is 23.1 Å². The Morgan fingerprint density at radius 2 is 1.83 bits per heavy atom. The monoisotopic (exact) mass is 391 g/mol. The third kappa shape index (κ3) is 3.22. The van der Waals surface area contributed by atoms with Crippen LogP contribution < -0.4 is 9.47 Å². The van der Waals surface area contributed by atoms with E-state index >= 15 is 0 Å². The lowest BCUT2D eigenvalue weighted by Crippen LogP contribution is -2.40. The van der Waals surface area contributed by atoms with Crippen molar-refractivity contribution in [2.24, 2.45) is 5.92 Å². The number of nitrogens with one attached hydrogen (secondary N) is 1. The molecule has 7 nitrogen and oxygen atoms in total. The van der Waals surface area contributed by atoms with E-state index < -0.39 is 0 Å². The van der Waals surface area contributed by atoms with E-state index in [1.54, 1.807) is 24.4 Å². The summed E-state index contributed by atoms with van der Waals surface area (Å²) >= 11 is 0. The minimum Gasteiger partial charge on any atom is -0.486 e. The highest BCUT2D eigenvalue weighted by molar-refractivity contribution is 6.05. The number of aromatic amines is 1. The van der Waals surface area contributed by atoms with Crippen molar-refractivity contribution in [3.8, 4) is 11.5 Å². The Kier molecular flexibility index (Phi) is 4.42. The van der Waals surface area contributed by atoms with Crippen LogP contribution in [0.5, 0.6) is 11.5 Å². The molecule has 0 aliphatic carbocycles. The molecule has 29 heavy (non-hydrogen) atoms. The molecule has 2 aliphatic heterocycles. The Balaban J connectivity index is 1.27. The van der Waals surface area contributed by atoms with Gasteiger partial charge in [-0.3, -0.25) is 14.7 Å². The number of ether oxygens (including phenoxy) is 2. The number of para-hydroxylation sites is 1. The quantitative estimate of drug-likeness (QED) is 0.694. The fourth-order valence-electron chi connectivity index (χ4n) is 4.09. The largest absolute Gasteiger partial charge is 0.486 e. The van der Waals surface area contributed by atoms with Gasteiger partial charge in [0, 0.05) is 30.0 Å². The van der Waals surface area contributed by atoms with Gasteiger partial charge in [0.05, 0.1) is 17.3 Å². The Bertz CT molecular complexity index is 1080. The van der Waals surface area contributed by atoms with E-state index in [0.29, 0.717) is 61.8 Å². The van der Waals surface area contributed by atoms with Crippen LogP contribution in [-0.4, -0.2) is 53.1 Å². The van der Waals surface area contributed by atoms with Crippen LogP contribution >= 0.6 is 0 Å². The highest BCUT2D eigenvalue weighted by Crippen LogP contribution is 2.33. The number of Topliss-reactive ketones (excluding diaryl/α,β-unsaturated/α-hetero) is 1. The lowest BCUT2D eigenvalue weighted by molar-refractivity contribution is 0.0651. The number of benzene rings is 2. The Morgan fingerprint density at radius 3 is 2.66 bits per heavy atom. The molecular weight excluding hydrogens is 370 g/mol. The fraction of sp³-hybridized carbons (Fsp3) is 0.318. The maximum atomic E-state index is 13.0. The number of ketones is 1. The Labute approximate surface area is 167 Å². The van der Waals surface area contributed by atoms with Crippen LogP contribution in [0.1, 0.15) is 33.6 Å². The number of aromatic nitrogens is 2. The van der Waals surface area contributed by atoms with Crippen LogP contribution in [0.3, 0.4) is 0 Å². The Morgan fingerprint density at radius 1 is 1.03 bits per heavy atom. The van der Waals surface area contributed by atoms with Crippen molar-refractivity contribution in [3.05, 3.63) is 53.7 Å². The minimum atomic E-state index is -0.0930. The molecule has 1 fully saturated rings. The van der Waals surface area contributed by atoms with Crippen molar-refractivity contribution in [3.63, 3.8) is 0 Å². The molecule has 3 heterocycles. The van der Waals surface area contributed by atoms with E-state index in [1.165, 1.54) is 0 Å². The second-order valence-corrected chi connectivity index (χ2v) is 7.43. The molecule has 1 N–H and O–H groups in total. The number of H-pyrrole nitrogens is 1. The Hall–Kier alpha value is -3.35. The van der Waals surface area contributed by atoms with Crippen molar-refractivity contribution in [2.45, 2.75) is 12.8 Å². The van der Waals surface area contributed by atoms with E-state index in [0.717, 1.165) is 10.9 Å². The number of nitrogens with zero attached hydrogens (tertiary/aromatic N) is 2. The smallest absolute Gasteiger partial charge is 0.256 e. The predicted molar refractivity (Wildman–Crippen MR) is 106 cm³/mol. The summed E-state index contributed by atoms with van der Waals surface area (Å²) in [6.07, 6.45) is 3.01. The highest BCUT2D eigenvalue weighted by Gasteiger charge is 2.29. The fourth-order valence-corrected chi connectivity index (χ4v) is 4.09. The number of carbonyl (C=O) groups excluding carboxylic acids is 2. The molecule has 1 aromatic heterocycles. The number of hydrogen-bond donors (Lipinski definition) is 1. The lowest BCUT2D eigenvalue weighted by atomic mass is 9.88. The number of carbonyl (C=O) groups is 2. The molecule has 148 valence electrons. The second-order valence-electron chi connectivity index (χ2n) is 7.43. The summed E-state index contributed by atoms with van der Waals surface area (Å²) in [6, 6.07) is 11.0. The number of piperidine rings is 1. The zero-order valence-electron chi connectivity index (χ0n) is 15.9. The van der Waals surface area contributed by atoms with Crippen LogP contribution in [0.4, 0.5) is 0 Å². The summed E-state index contributed by atoms with van der Waals surface area (Å²) in [5, 5.41) is 7.85. The van der Waals surface area contributed by atoms with Crippen molar-refractivity contribution in [1.82, 2.24) is 15.1 Å². The van der Waals surface area contributed by atoms with Crippen molar-refractivity contribution in [2.75, 3.05) is 26.3 Å². The molecule has 0 spiro atoms. The number of rotatable bonds is 3. The number of amides is 1. The summed E-state index contributed by atoms with van der Waals surface area (Å²) in [5.74, 6) is 1.29. The molecule has 7 heteroatoms. The SMILES string of the molecule is O=C(c1ccc2c(c1)OCCO2)C1CCN(C(=O)c2cccc3cn[nH]c23)CC1. The topological polar surface area (TPSA) is 84.5 Å². The van der Waals surface area contributed by atoms with Gasteiger partial charge in [-0.1, -0.05) is 12.1 Å². The minimum absolute atomic E-state index is 0.0231. The maximum Gasteiger partial charge on any atom is 0.256 e.